The van der Waals surface area contributed by atoms with E-state index < -0.39 is 0 Å². The lowest BCUT2D eigenvalue weighted by molar-refractivity contribution is -0.154. The first-order valence-electron chi connectivity index (χ1n) is 8.43. The van der Waals surface area contributed by atoms with E-state index in [0.717, 1.165) is 32.1 Å². The summed E-state index contributed by atoms with van der Waals surface area (Å²) in [5.74, 6) is 0.786. The number of amides is 2. The third-order valence-electron chi connectivity index (χ3n) is 5.45. The van der Waals surface area contributed by atoms with Crippen molar-refractivity contribution in [3.8, 4) is 0 Å². The summed E-state index contributed by atoms with van der Waals surface area (Å²) in [5, 5.41) is 3.00. The Balaban J connectivity index is 1.87. The summed E-state index contributed by atoms with van der Waals surface area (Å²) in [7, 11) is 0. The number of hydrogen-bond donors (Lipinski definition) is 1. The van der Waals surface area contributed by atoms with Gasteiger partial charge in [0.2, 0.25) is 11.8 Å². The van der Waals surface area contributed by atoms with Crippen LogP contribution in [0, 0.1) is 17.3 Å². The molecule has 0 aromatic heterocycles. The van der Waals surface area contributed by atoms with Crippen LogP contribution in [-0.4, -0.2) is 34.8 Å². The molecule has 2 saturated carbocycles. The molecule has 1 N–H and O–H groups in total. The van der Waals surface area contributed by atoms with Gasteiger partial charge >= 0.3 is 0 Å². The van der Waals surface area contributed by atoms with Crippen LogP contribution in [0.5, 0.6) is 0 Å². The number of carbonyl (C=O) groups excluding carboxylic acids is 2. The molecule has 3 fully saturated rings. The van der Waals surface area contributed by atoms with Gasteiger partial charge in [-0.25, -0.2) is 0 Å². The quantitative estimate of drug-likeness (QED) is 0.868. The van der Waals surface area contributed by atoms with Gasteiger partial charge in [0.25, 0.3) is 0 Å². The maximum absolute atomic E-state index is 13.0. The molecule has 3 unspecified atom stereocenters. The van der Waals surface area contributed by atoms with Crippen molar-refractivity contribution in [2.75, 3.05) is 0 Å². The maximum atomic E-state index is 13.0. The molecule has 1 aliphatic heterocycles. The highest BCUT2D eigenvalue weighted by Gasteiger charge is 2.51. The zero-order valence-corrected chi connectivity index (χ0v) is 13.7. The molecule has 21 heavy (non-hydrogen) atoms. The van der Waals surface area contributed by atoms with Gasteiger partial charge in [-0.1, -0.05) is 27.7 Å². The van der Waals surface area contributed by atoms with E-state index in [4.69, 9.17) is 0 Å². The molecule has 0 radical (unpaired) electrons. The zero-order chi connectivity index (χ0) is 15.4. The fourth-order valence-corrected chi connectivity index (χ4v) is 4.14. The van der Waals surface area contributed by atoms with Crippen LogP contribution >= 0.6 is 0 Å². The molecule has 4 nitrogen and oxygen atoms in total. The molecule has 1 heterocycles. The Morgan fingerprint density at radius 2 is 1.86 bits per heavy atom. The first kappa shape index (κ1) is 14.9. The summed E-state index contributed by atoms with van der Waals surface area (Å²) in [6, 6.07) is -0.296. The zero-order valence-electron chi connectivity index (χ0n) is 13.7. The summed E-state index contributed by atoms with van der Waals surface area (Å²) in [5.41, 5.74) is 0.287. The maximum Gasteiger partial charge on any atom is 0.246 e. The van der Waals surface area contributed by atoms with Crippen molar-refractivity contribution in [1.82, 2.24) is 10.2 Å². The highest BCUT2D eigenvalue weighted by molar-refractivity contribution is 5.97. The molecule has 3 rings (SSSR count). The van der Waals surface area contributed by atoms with Gasteiger partial charge in [0, 0.05) is 6.04 Å². The van der Waals surface area contributed by atoms with Crippen molar-refractivity contribution in [2.45, 2.75) is 77.9 Å². The highest BCUT2D eigenvalue weighted by Crippen LogP contribution is 2.43. The lowest BCUT2D eigenvalue weighted by atomic mass is 9.89. The molecule has 4 heteroatoms. The highest BCUT2D eigenvalue weighted by atomic mass is 16.2. The minimum absolute atomic E-state index is 0.0613. The number of carbonyl (C=O) groups is 2. The number of nitrogens with one attached hydrogen (secondary N) is 1. The molecule has 118 valence electrons. The Labute approximate surface area is 127 Å². The normalized spacial score (nSPS) is 36.2. The Morgan fingerprint density at radius 1 is 1.19 bits per heavy atom. The van der Waals surface area contributed by atoms with Gasteiger partial charge < -0.3 is 10.2 Å². The molecule has 1 saturated heterocycles. The fraction of sp³-hybridized carbons (Fsp3) is 0.882. The second kappa shape index (κ2) is 4.99. The average molecular weight is 292 g/mol. The SMILES string of the molecule is CC(C)C1C(=O)NC(C2CC2)C(=O)N1C1CCC(C)(C)C1. The van der Waals surface area contributed by atoms with Crippen LogP contribution in [0.1, 0.15) is 59.8 Å². The third-order valence-corrected chi connectivity index (χ3v) is 5.45. The molecule has 3 aliphatic rings. The second-order valence-corrected chi connectivity index (χ2v) is 8.32. The van der Waals surface area contributed by atoms with Crippen LogP contribution in [0.25, 0.3) is 0 Å². The van der Waals surface area contributed by atoms with E-state index >= 15 is 0 Å². The van der Waals surface area contributed by atoms with Gasteiger partial charge in [0.05, 0.1) is 0 Å². The largest absolute Gasteiger partial charge is 0.342 e. The Kier molecular flexibility index (Phi) is 3.53. The third kappa shape index (κ3) is 2.69. The van der Waals surface area contributed by atoms with Crippen LogP contribution in [0.3, 0.4) is 0 Å². The van der Waals surface area contributed by atoms with E-state index in [1.165, 1.54) is 0 Å². The van der Waals surface area contributed by atoms with E-state index in [0.29, 0.717) is 5.92 Å². The van der Waals surface area contributed by atoms with Gasteiger partial charge in [-0.15, -0.1) is 0 Å². The number of nitrogens with zero attached hydrogens (tertiary/aromatic N) is 1. The summed E-state index contributed by atoms with van der Waals surface area (Å²) in [6.45, 7) is 8.62. The van der Waals surface area contributed by atoms with Crippen LogP contribution in [-0.2, 0) is 9.59 Å². The molecule has 0 aromatic rings. The minimum Gasteiger partial charge on any atom is -0.342 e. The standard InChI is InChI=1S/C17H28N2O2/c1-10(2)14-15(20)18-13(11-5-6-11)16(21)19(14)12-7-8-17(3,4)9-12/h10-14H,5-9H2,1-4H3,(H,18,20). The van der Waals surface area contributed by atoms with E-state index in [-0.39, 0.29) is 41.3 Å². The molecule has 0 aromatic carbocycles. The van der Waals surface area contributed by atoms with Crippen LogP contribution in [0.4, 0.5) is 0 Å². The second-order valence-electron chi connectivity index (χ2n) is 8.32. The lowest BCUT2D eigenvalue weighted by Crippen LogP contribution is -2.67. The van der Waals surface area contributed by atoms with Crippen LogP contribution in [0.15, 0.2) is 0 Å². The van der Waals surface area contributed by atoms with Gasteiger partial charge in [0.1, 0.15) is 12.1 Å². The van der Waals surface area contributed by atoms with Crippen molar-refractivity contribution in [1.29, 1.82) is 0 Å². The predicted molar refractivity (Wildman–Crippen MR) is 81.5 cm³/mol. The molecule has 3 atom stereocenters. The van der Waals surface area contributed by atoms with Crippen LogP contribution < -0.4 is 5.32 Å². The lowest BCUT2D eigenvalue weighted by Gasteiger charge is -2.44. The Bertz CT molecular complexity index is 454. The Morgan fingerprint density at radius 3 is 2.33 bits per heavy atom. The Hall–Kier alpha value is -1.06. The van der Waals surface area contributed by atoms with Gasteiger partial charge in [-0.05, 0) is 49.4 Å². The van der Waals surface area contributed by atoms with E-state index in [2.05, 4.69) is 19.2 Å². The number of piperazine rings is 1. The first-order chi connectivity index (χ1) is 9.80. The summed E-state index contributed by atoms with van der Waals surface area (Å²) >= 11 is 0. The van der Waals surface area contributed by atoms with Crippen LogP contribution in [0.2, 0.25) is 0 Å². The van der Waals surface area contributed by atoms with Gasteiger partial charge in [-0.3, -0.25) is 9.59 Å². The monoisotopic (exact) mass is 292 g/mol. The van der Waals surface area contributed by atoms with Crippen molar-refractivity contribution < 1.29 is 9.59 Å². The molecule has 2 aliphatic carbocycles. The molecular weight excluding hydrogens is 264 g/mol. The predicted octanol–water partition coefficient (Wildman–Crippen LogP) is 2.33. The van der Waals surface area contributed by atoms with Crippen molar-refractivity contribution >= 4 is 11.8 Å². The first-order valence-corrected chi connectivity index (χ1v) is 8.43. The molecule has 0 bridgehead atoms. The van der Waals surface area contributed by atoms with Crippen molar-refractivity contribution in [2.24, 2.45) is 17.3 Å². The number of hydrogen-bond acceptors (Lipinski definition) is 2. The van der Waals surface area contributed by atoms with Crippen molar-refractivity contribution in [3.05, 3.63) is 0 Å². The van der Waals surface area contributed by atoms with Gasteiger partial charge in [0.15, 0.2) is 0 Å². The minimum atomic E-state index is -0.286. The smallest absolute Gasteiger partial charge is 0.246 e. The average Bonchev–Trinajstić information content (AvgIpc) is 3.15. The molecule has 2 amide bonds. The molecule has 0 spiro atoms. The van der Waals surface area contributed by atoms with Gasteiger partial charge in [-0.2, -0.15) is 0 Å². The molecular formula is C17H28N2O2. The topological polar surface area (TPSA) is 49.4 Å². The number of rotatable bonds is 3. The summed E-state index contributed by atoms with van der Waals surface area (Å²) < 4.78 is 0. The van der Waals surface area contributed by atoms with E-state index in [9.17, 15) is 9.59 Å². The van der Waals surface area contributed by atoms with E-state index in [1.807, 2.05) is 18.7 Å². The van der Waals surface area contributed by atoms with E-state index in [1.54, 1.807) is 0 Å². The van der Waals surface area contributed by atoms with Crippen molar-refractivity contribution in [3.63, 3.8) is 0 Å². The summed E-state index contributed by atoms with van der Waals surface area (Å²) in [6.07, 6.45) is 5.35. The fourth-order valence-electron chi connectivity index (χ4n) is 4.14. The summed E-state index contributed by atoms with van der Waals surface area (Å²) in [4.78, 5) is 27.5.